The first kappa shape index (κ1) is 17.8. The topological polar surface area (TPSA) is 66.4 Å². The molecule has 1 fully saturated rings. The molecule has 0 aliphatic heterocycles. The highest BCUT2D eigenvalue weighted by Crippen LogP contribution is 2.24. The molecule has 1 aliphatic rings. The van der Waals surface area contributed by atoms with E-state index >= 15 is 0 Å². The molecule has 4 nitrogen and oxygen atoms in total. The average Bonchev–Trinajstić information content (AvgIpc) is 2.75. The van der Waals surface area contributed by atoms with Crippen LogP contribution < -0.4 is 5.32 Å². The number of aliphatic carboxylic acids is 1. The van der Waals surface area contributed by atoms with Crippen molar-refractivity contribution in [2.45, 2.75) is 49.5 Å². The lowest BCUT2D eigenvalue weighted by molar-refractivity contribution is -0.143. The lowest BCUT2D eigenvalue weighted by atomic mass is 9.95. The Morgan fingerprint density at radius 1 is 1.17 bits per heavy atom. The Balaban J connectivity index is 1.78. The van der Waals surface area contributed by atoms with Gasteiger partial charge in [0.05, 0.1) is 5.92 Å². The third-order valence-electron chi connectivity index (χ3n) is 4.09. The van der Waals surface area contributed by atoms with Crippen LogP contribution in [0.3, 0.4) is 0 Å². The fraction of sp³-hybridized carbons (Fsp3) is 0.529. The van der Waals surface area contributed by atoms with Gasteiger partial charge in [-0.15, -0.1) is 11.8 Å². The van der Waals surface area contributed by atoms with Crippen LogP contribution in [0.4, 0.5) is 4.39 Å². The summed E-state index contributed by atoms with van der Waals surface area (Å²) in [6.07, 6.45) is 4.57. The monoisotopic (exact) mass is 339 g/mol. The number of benzene rings is 1. The maximum absolute atomic E-state index is 12.8. The van der Waals surface area contributed by atoms with Crippen LogP contribution in [0.1, 0.15) is 38.5 Å². The molecule has 23 heavy (non-hydrogen) atoms. The predicted molar refractivity (Wildman–Crippen MR) is 87.9 cm³/mol. The SMILES string of the molecule is O=C(CCSc1ccc(F)cc1)N[C@H]1CCCCC[C@H]1C(=O)O. The van der Waals surface area contributed by atoms with Crippen molar-refractivity contribution in [1.29, 1.82) is 0 Å². The van der Waals surface area contributed by atoms with Gasteiger partial charge in [0.2, 0.25) is 5.91 Å². The van der Waals surface area contributed by atoms with Gasteiger partial charge in [-0.2, -0.15) is 0 Å². The second-order valence-electron chi connectivity index (χ2n) is 5.81. The first-order chi connectivity index (χ1) is 11.1. The van der Waals surface area contributed by atoms with Crippen LogP contribution in [0.2, 0.25) is 0 Å². The summed E-state index contributed by atoms with van der Waals surface area (Å²) in [6, 6.07) is 5.89. The van der Waals surface area contributed by atoms with Gasteiger partial charge in [-0.3, -0.25) is 9.59 Å². The number of carbonyl (C=O) groups is 2. The number of nitrogens with one attached hydrogen (secondary N) is 1. The second-order valence-corrected chi connectivity index (χ2v) is 6.98. The number of hydrogen-bond acceptors (Lipinski definition) is 3. The molecule has 1 amide bonds. The number of thioether (sulfide) groups is 1. The van der Waals surface area contributed by atoms with E-state index in [1.165, 1.54) is 23.9 Å². The lowest BCUT2D eigenvalue weighted by Crippen LogP contribution is -2.42. The van der Waals surface area contributed by atoms with E-state index in [-0.39, 0.29) is 17.8 Å². The van der Waals surface area contributed by atoms with Crippen molar-refractivity contribution in [3.63, 3.8) is 0 Å². The van der Waals surface area contributed by atoms with Gasteiger partial charge in [0, 0.05) is 23.1 Å². The number of rotatable bonds is 6. The van der Waals surface area contributed by atoms with Crippen molar-refractivity contribution in [3.05, 3.63) is 30.1 Å². The van der Waals surface area contributed by atoms with E-state index in [0.29, 0.717) is 18.6 Å². The summed E-state index contributed by atoms with van der Waals surface area (Å²) >= 11 is 1.49. The smallest absolute Gasteiger partial charge is 0.308 e. The Morgan fingerprint density at radius 2 is 1.87 bits per heavy atom. The second kappa shape index (κ2) is 8.91. The maximum atomic E-state index is 12.8. The Labute approximate surface area is 139 Å². The van der Waals surface area contributed by atoms with Crippen molar-refractivity contribution in [2.75, 3.05) is 5.75 Å². The largest absolute Gasteiger partial charge is 0.481 e. The number of carboxylic acid groups (broad SMARTS) is 1. The molecule has 0 spiro atoms. The molecule has 126 valence electrons. The number of carbonyl (C=O) groups excluding carboxylic acids is 1. The Hall–Kier alpha value is -1.56. The Morgan fingerprint density at radius 3 is 2.57 bits per heavy atom. The molecule has 0 saturated heterocycles. The Bertz CT molecular complexity index is 535. The summed E-state index contributed by atoms with van der Waals surface area (Å²) in [5.41, 5.74) is 0. The van der Waals surface area contributed by atoms with Crippen molar-refractivity contribution >= 4 is 23.6 Å². The van der Waals surface area contributed by atoms with Gasteiger partial charge in [-0.1, -0.05) is 19.3 Å². The van der Waals surface area contributed by atoms with Gasteiger partial charge in [-0.05, 0) is 37.1 Å². The zero-order chi connectivity index (χ0) is 16.7. The van der Waals surface area contributed by atoms with Crippen LogP contribution in [0.5, 0.6) is 0 Å². The van der Waals surface area contributed by atoms with Gasteiger partial charge in [0.1, 0.15) is 5.82 Å². The van der Waals surface area contributed by atoms with Crippen LogP contribution >= 0.6 is 11.8 Å². The highest BCUT2D eigenvalue weighted by atomic mass is 32.2. The molecule has 0 unspecified atom stereocenters. The number of hydrogen-bond donors (Lipinski definition) is 2. The van der Waals surface area contributed by atoms with Crippen LogP contribution in [0.15, 0.2) is 29.2 Å². The fourth-order valence-electron chi connectivity index (χ4n) is 2.85. The standard InChI is InChI=1S/C17H22FNO3S/c18-12-6-8-13(9-7-12)23-11-10-16(20)19-15-5-3-1-2-4-14(15)17(21)22/h6-9,14-15H,1-5,10-11H2,(H,19,20)(H,21,22)/t14-,15+/m1/s1. The highest BCUT2D eigenvalue weighted by Gasteiger charge is 2.30. The van der Waals surface area contributed by atoms with Crippen molar-refractivity contribution in [1.82, 2.24) is 5.32 Å². The zero-order valence-corrected chi connectivity index (χ0v) is 13.8. The predicted octanol–water partition coefficient (Wildman–Crippen LogP) is 3.46. The minimum Gasteiger partial charge on any atom is -0.481 e. The van der Waals surface area contributed by atoms with E-state index in [0.717, 1.165) is 30.6 Å². The molecule has 2 atom stereocenters. The third kappa shape index (κ3) is 5.86. The summed E-state index contributed by atoms with van der Waals surface area (Å²) in [6.45, 7) is 0. The summed E-state index contributed by atoms with van der Waals surface area (Å²) in [5.74, 6) is -1.11. The minimum atomic E-state index is -0.821. The van der Waals surface area contributed by atoms with Crippen LogP contribution in [-0.2, 0) is 9.59 Å². The zero-order valence-electron chi connectivity index (χ0n) is 13.0. The first-order valence-electron chi connectivity index (χ1n) is 7.97. The molecule has 1 aromatic rings. The van der Waals surface area contributed by atoms with Crippen LogP contribution in [0.25, 0.3) is 0 Å². The fourth-order valence-corrected chi connectivity index (χ4v) is 3.70. The normalized spacial score (nSPS) is 21.4. The lowest BCUT2D eigenvalue weighted by Gasteiger charge is -2.22. The van der Waals surface area contributed by atoms with Gasteiger partial charge in [0.15, 0.2) is 0 Å². The van der Waals surface area contributed by atoms with E-state index in [1.54, 1.807) is 12.1 Å². The van der Waals surface area contributed by atoms with E-state index in [2.05, 4.69) is 5.32 Å². The molecule has 1 aromatic carbocycles. The van der Waals surface area contributed by atoms with E-state index < -0.39 is 11.9 Å². The summed E-state index contributed by atoms with van der Waals surface area (Å²) < 4.78 is 12.8. The summed E-state index contributed by atoms with van der Waals surface area (Å²) in [5, 5.41) is 12.2. The van der Waals surface area contributed by atoms with E-state index in [9.17, 15) is 19.1 Å². The molecule has 1 aliphatic carbocycles. The first-order valence-corrected chi connectivity index (χ1v) is 8.95. The van der Waals surface area contributed by atoms with Gasteiger partial charge in [0.25, 0.3) is 0 Å². The molecular weight excluding hydrogens is 317 g/mol. The quantitative estimate of drug-likeness (QED) is 0.615. The molecule has 0 heterocycles. The number of halogens is 1. The molecular formula is C17H22FNO3S. The Kier molecular flexibility index (Phi) is 6.89. The molecule has 0 radical (unpaired) electrons. The van der Waals surface area contributed by atoms with Gasteiger partial charge >= 0.3 is 5.97 Å². The number of amides is 1. The molecule has 1 saturated carbocycles. The average molecular weight is 339 g/mol. The van der Waals surface area contributed by atoms with E-state index in [1.807, 2.05) is 0 Å². The van der Waals surface area contributed by atoms with Crippen LogP contribution in [0, 0.1) is 11.7 Å². The molecule has 2 rings (SSSR count). The van der Waals surface area contributed by atoms with Crippen molar-refractivity contribution in [2.24, 2.45) is 5.92 Å². The van der Waals surface area contributed by atoms with Crippen molar-refractivity contribution < 1.29 is 19.1 Å². The van der Waals surface area contributed by atoms with Gasteiger partial charge in [-0.25, -0.2) is 4.39 Å². The summed E-state index contributed by atoms with van der Waals surface area (Å²) in [7, 11) is 0. The van der Waals surface area contributed by atoms with Crippen LogP contribution in [-0.4, -0.2) is 28.8 Å². The minimum absolute atomic E-state index is 0.113. The molecule has 6 heteroatoms. The highest BCUT2D eigenvalue weighted by molar-refractivity contribution is 7.99. The number of carboxylic acids is 1. The summed E-state index contributed by atoms with van der Waals surface area (Å²) in [4.78, 5) is 24.3. The van der Waals surface area contributed by atoms with Gasteiger partial charge < -0.3 is 10.4 Å². The molecule has 0 bridgehead atoms. The molecule has 0 aromatic heterocycles. The van der Waals surface area contributed by atoms with Crippen molar-refractivity contribution in [3.8, 4) is 0 Å². The van der Waals surface area contributed by atoms with E-state index in [4.69, 9.17) is 0 Å². The third-order valence-corrected chi connectivity index (χ3v) is 5.10. The maximum Gasteiger partial charge on any atom is 0.308 e. The molecule has 2 N–H and O–H groups in total.